The summed E-state index contributed by atoms with van der Waals surface area (Å²) in [6.45, 7) is 0. The summed E-state index contributed by atoms with van der Waals surface area (Å²) in [5.74, 6) is 1.80. The van der Waals surface area contributed by atoms with Crippen LogP contribution in [0.5, 0.6) is 11.5 Å². The lowest BCUT2D eigenvalue weighted by Gasteiger charge is -2.09. The van der Waals surface area contributed by atoms with Crippen molar-refractivity contribution in [1.29, 1.82) is 0 Å². The zero-order valence-corrected chi connectivity index (χ0v) is 8.48. The van der Waals surface area contributed by atoms with E-state index in [4.69, 9.17) is 27.5 Å². The van der Waals surface area contributed by atoms with Crippen molar-refractivity contribution in [3.8, 4) is 23.8 Å². The summed E-state index contributed by atoms with van der Waals surface area (Å²) in [6, 6.07) is 1.35. The van der Waals surface area contributed by atoms with Crippen LogP contribution in [0.15, 0.2) is 6.07 Å². The van der Waals surface area contributed by atoms with Crippen LogP contribution in [0.25, 0.3) is 0 Å². The van der Waals surface area contributed by atoms with Crippen molar-refractivity contribution in [2.45, 2.75) is 0 Å². The van der Waals surface area contributed by atoms with Gasteiger partial charge in [0.1, 0.15) is 10.8 Å². The van der Waals surface area contributed by atoms with Crippen molar-refractivity contribution < 1.29 is 13.9 Å². The molecule has 4 heteroatoms. The summed E-state index contributed by atoms with van der Waals surface area (Å²) < 4.78 is 23.1. The molecule has 0 radical (unpaired) electrons. The Labute approximate surface area is 86.6 Å². The van der Waals surface area contributed by atoms with Gasteiger partial charge in [0, 0.05) is 6.07 Å². The summed E-state index contributed by atoms with van der Waals surface area (Å²) in [5, 5.41) is 0.0771. The summed E-state index contributed by atoms with van der Waals surface area (Å²) in [4.78, 5) is 0. The van der Waals surface area contributed by atoms with Crippen LogP contribution < -0.4 is 9.47 Å². The number of halogens is 2. The average Bonchev–Trinajstić information content (AvgIpc) is 2.19. The predicted octanol–water partition coefficient (Wildman–Crippen LogP) is 2.48. The van der Waals surface area contributed by atoms with E-state index in [9.17, 15) is 4.39 Å². The molecule has 0 fully saturated rings. The highest BCUT2D eigenvalue weighted by Gasteiger charge is 2.16. The van der Waals surface area contributed by atoms with Gasteiger partial charge in [-0.25, -0.2) is 4.39 Å². The lowest BCUT2D eigenvalue weighted by Crippen LogP contribution is -1.96. The summed E-state index contributed by atoms with van der Waals surface area (Å²) in [6.07, 6.45) is 5.11. The normalized spacial score (nSPS) is 9.36. The third kappa shape index (κ3) is 1.61. The standard InChI is InChI=1S/C10H8ClFO2/c1-4-6-9(11)7(13-2)5-8(14-3)10(6)12/h1,5H,2-3H3. The van der Waals surface area contributed by atoms with Crippen LogP contribution in [0.1, 0.15) is 5.56 Å². The summed E-state index contributed by atoms with van der Waals surface area (Å²) >= 11 is 5.78. The number of benzene rings is 1. The maximum absolute atomic E-state index is 13.4. The molecular formula is C10H8ClFO2. The molecular weight excluding hydrogens is 207 g/mol. The zero-order valence-electron chi connectivity index (χ0n) is 7.73. The second kappa shape index (κ2) is 4.21. The van der Waals surface area contributed by atoms with E-state index in [0.29, 0.717) is 0 Å². The SMILES string of the molecule is C#Cc1c(F)c(OC)cc(OC)c1Cl. The highest BCUT2D eigenvalue weighted by Crippen LogP contribution is 2.35. The number of methoxy groups -OCH3 is 2. The maximum Gasteiger partial charge on any atom is 0.182 e. The summed E-state index contributed by atoms with van der Waals surface area (Å²) in [7, 11) is 2.75. The van der Waals surface area contributed by atoms with Gasteiger partial charge >= 0.3 is 0 Å². The van der Waals surface area contributed by atoms with Gasteiger partial charge in [-0.3, -0.25) is 0 Å². The van der Waals surface area contributed by atoms with Gasteiger partial charge in [-0.05, 0) is 0 Å². The minimum Gasteiger partial charge on any atom is -0.495 e. The molecule has 0 aliphatic carbocycles. The Hall–Kier alpha value is -1.40. The molecule has 0 saturated carbocycles. The van der Waals surface area contributed by atoms with Gasteiger partial charge in [-0.1, -0.05) is 17.5 Å². The molecule has 0 unspecified atom stereocenters. The van der Waals surface area contributed by atoms with E-state index in [0.717, 1.165) is 0 Å². The molecule has 0 aromatic heterocycles. The summed E-state index contributed by atoms with van der Waals surface area (Å²) in [5.41, 5.74) is -0.0529. The Kier molecular flexibility index (Phi) is 3.21. The second-order valence-electron chi connectivity index (χ2n) is 2.43. The third-order valence-corrected chi connectivity index (χ3v) is 2.09. The lowest BCUT2D eigenvalue weighted by molar-refractivity contribution is 0.373. The minimum atomic E-state index is -0.652. The first kappa shape index (κ1) is 10.7. The average molecular weight is 215 g/mol. The molecule has 0 saturated heterocycles. The molecule has 0 atom stereocenters. The van der Waals surface area contributed by atoms with Gasteiger partial charge in [-0.15, -0.1) is 6.42 Å². The van der Waals surface area contributed by atoms with Crippen LogP contribution in [0.2, 0.25) is 5.02 Å². The molecule has 0 bridgehead atoms. The van der Waals surface area contributed by atoms with Crippen LogP contribution in [-0.2, 0) is 0 Å². The predicted molar refractivity (Wildman–Crippen MR) is 52.4 cm³/mol. The van der Waals surface area contributed by atoms with E-state index >= 15 is 0 Å². The van der Waals surface area contributed by atoms with Crippen molar-refractivity contribution in [3.63, 3.8) is 0 Å². The topological polar surface area (TPSA) is 18.5 Å². The van der Waals surface area contributed by atoms with Crippen molar-refractivity contribution in [3.05, 3.63) is 22.5 Å². The van der Waals surface area contributed by atoms with Crippen LogP contribution in [0.3, 0.4) is 0 Å². The fraction of sp³-hybridized carbons (Fsp3) is 0.200. The number of ether oxygens (including phenoxy) is 2. The molecule has 0 aliphatic rings. The third-order valence-electron chi connectivity index (χ3n) is 1.72. The second-order valence-corrected chi connectivity index (χ2v) is 2.81. The van der Waals surface area contributed by atoms with Crippen LogP contribution >= 0.6 is 11.6 Å². The smallest absolute Gasteiger partial charge is 0.182 e. The van der Waals surface area contributed by atoms with Crippen LogP contribution in [0.4, 0.5) is 4.39 Å². The maximum atomic E-state index is 13.4. The molecule has 0 amide bonds. The Morgan fingerprint density at radius 3 is 2.36 bits per heavy atom. The Morgan fingerprint density at radius 2 is 1.93 bits per heavy atom. The van der Waals surface area contributed by atoms with Crippen molar-refractivity contribution in [1.82, 2.24) is 0 Å². The van der Waals surface area contributed by atoms with Crippen molar-refractivity contribution >= 4 is 11.6 Å². The number of hydrogen-bond acceptors (Lipinski definition) is 2. The first-order valence-corrected chi connectivity index (χ1v) is 4.10. The highest BCUT2D eigenvalue weighted by molar-refractivity contribution is 6.33. The quantitative estimate of drug-likeness (QED) is 0.705. The minimum absolute atomic E-state index is 0.0131. The van der Waals surface area contributed by atoms with E-state index in [1.807, 2.05) is 0 Å². The van der Waals surface area contributed by atoms with E-state index in [-0.39, 0.29) is 22.1 Å². The van der Waals surface area contributed by atoms with Gasteiger partial charge in [0.15, 0.2) is 11.6 Å². The van der Waals surface area contributed by atoms with E-state index in [1.54, 1.807) is 0 Å². The van der Waals surface area contributed by atoms with Gasteiger partial charge in [0.05, 0.1) is 19.8 Å². The zero-order chi connectivity index (χ0) is 10.7. The molecule has 74 valence electrons. The van der Waals surface area contributed by atoms with Crippen molar-refractivity contribution in [2.24, 2.45) is 0 Å². The Morgan fingerprint density at radius 1 is 1.36 bits per heavy atom. The molecule has 0 heterocycles. The van der Waals surface area contributed by atoms with E-state index in [2.05, 4.69) is 5.92 Å². The van der Waals surface area contributed by atoms with Gasteiger partial charge in [0.25, 0.3) is 0 Å². The number of hydrogen-bond donors (Lipinski definition) is 0. The monoisotopic (exact) mass is 214 g/mol. The van der Waals surface area contributed by atoms with Gasteiger partial charge in [-0.2, -0.15) is 0 Å². The van der Waals surface area contributed by atoms with Crippen LogP contribution in [0, 0.1) is 18.2 Å². The molecule has 1 aromatic carbocycles. The number of rotatable bonds is 2. The first-order valence-electron chi connectivity index (χ1n) is 3.72. The molecule has 14 heavy (non-hydrogen) atoms. The van der Waals surface area contributed by atoms with Gasteiger partial charge in [0.2, 0.25) is 0 Å². The van der Waals surface area contributed by atoms with Crippen LogP contribution in [-0.4, -0.2) is 14.2 Å². The molecule has 0 N–H and O–H groups in total. The number of terminal acetylenes is 1. The highest BCUT2D eigenvalue weighted by atomic mass is 35.5. The Balaban J connectivity index is 3.49. The van der Waals surface area contributed by atoms with Gasteiger partial charge < -0.3 is 9.47 Å². The first-order chi connectivity index (χ1) is 6.65. The fourth-order valence-corrected chi connectivity index (χ4v) is 1.28. The molecule has 2 nitrogen and oxygen atoms in total. The Bertz CT molecular complexity index is 368. The lowest BCUT2D eigenvalue weighted by atomic mass is 10.2. The fourth-order valence-electron chi connectivity index (χ4n) is 1.01. The van der Waals surface area contributed by atoms with Crippen molar-refractivity contribution in [2.75, 3.05) is 14.2 Å². The molecule has 1 aromatic rings. The molecule has 0 aliphatic heterocycles. The largest absolute Gasteiger partial charge is 0.495 e. The van der Waals surface area contributed by atoms with E-state index < -0.39 is 5.82 Å². The molecule has 0 spiro atoms. The van der Waals surface area contributed by atoms with E-state index in [1.165, 1.54) is 20.3 Å². The molecule has 1 rings (SSSR count).